The number of aromatic nitrogens is 3. The Hall–Kier alpha value is -2.17. The zero-order valence-corrected chi connectivity index (χ0v) is 8.10. The van der Waals surface area contributed by atoms with E-state index in [0.717, 1.165) is 5.56 Å². The van der Waals surface area contributed by atoms with Crippen LogP contribution < -0.4 is 0 Å². The third-order valence-electron chi connectivity index (χ3n) is 2.01. The number of aromatic amines is 1. The summed E-state index contributed by atoms with van der Waals surface area (Å²) in [4.78, 5) is 15.3. The van der Waals surface area contributed by atoms with Gasteiger partial charge in [-0.1, -0.05) is 0 Å². The van der Waals surface area contributed by atoms with Crippen molar-refractivity contribution in [1.82, 2.24) is 15.2 Å². The molecule has 15 heavy (non-hydrogen) atoms. The van der Waals surface area contributed by atoms with Gasteiger partial charge in [0.2, 0.25) is 0 Å². The van der Waals surface area contributed by atoms with Crippen molar-refractivity contribution in [3.8, 4) is 11.3 Å². The van der Waals surface area contributed by atoms with Gasteiger partial charge in [0.05, 0.1) is 19.0 Å². The average Bonchev–Trinajstić information content (AvgIpc) is 2.78. The maximum Gasteiger partial charge on any atom is 0.341 e. The summed E-state index contributed by atoms with van der Waals surface area (Å²) in [6, 6.07) is 3.58. The van der Waals surface area contributed by atoms with E-state index in [-0.39, 0.29) is 0 Å². The lowest BCUT2D eigenvalue weighted by atomic mass is 10.1. The van der Waals surface area contributed by atoms with Crippen LogP contribution in [0.4, 0.5) is 0 Å². The second kappa shape index (κ2) is 3.91. The normalized spacial score (nSPS) is 9.93. The van der Waals surface area contributed by atoms with Crippen LogP contribution in [0.2, 0.25) is 0 Å². The molecule has 2 rings (SSSR count). The lowest BCUT2D eigenvalue weighted by Crippen LogP contribution is -2.01. The molecule has 0 amide bonds. The Bertz CT molecular complexity index is 465. The number of H-pyrrole nitrogens is 1. The van der Waals surface area contributed by atoms with E-state index >= 15 is 0 Å². The SMILES string of the molecule is COC(=O)c1cn[nH]c1-c1ccncc1. The van der Waals surface area contributed by atoms with Crippen LogP contribution in [0, 0.1) is 0 Å². The van der Waals surface area contributed by atoms with E-state index < -0.39 is 5.97 Å². The van der Waals surface area contributed by atoms with Crippen molar-refractivity contribution in [1.29, 1.82) is 0 Å². The molecule has 0 saturated carbocycles. The number of hydrogen-bond acceptors (Lipinski definition) is 4. The van der Waals surface area contributed by atoms with Crippen LogP contribution in [0.3, 0.4) is 0 Å². The van der Waals surface area contributed by atoms with E-state index in [1.165, 1.54) is 13.3 Å². The van der Waals surface area contributed by atoms with Gasteiger partial charge >= 0.3 is 5.97 Å². The minimum Gasteiger partial charge on any atom is -0.465 e. The molecule has 0 aromatic carbocycles. The largest absolute Gasteiger partial charge is 0.465 e. The van der Waals surface area contributed by atoms with Gasteiger partial charge in [0.1, 0.15) is 5.56 Å². The molecule has 2 aromatic heterocycles. The summed E-state index contributed by atoms with van der Waals surface area (Å²) in [7, 11) is 1.34. The van der Waals surface area contributed by atoms with Gasteiger partial charge < -0.3 is 4.74 Å². The summed E-state index contributed by atoms with van der Waals surface area (Å²) in [6.07, 6.45) is 4.75. The van der Waals surface area contributed by atoms with E-state index in [1.807, 2.05) is 0 Å². The molecule has 5 heteroatoms. The van der Waals surface area contributed by atoms with Crippen molar-refractivity contribution < 1.29 is 9.53 Å². The zero-order chi connectivity index (χ0) is 10.7. The summed E-state index contributed by atoms with van der Waals surface area (Å²) < 4.78 is 4.64. The summed E-state index contributed by atoms with van der Waals surface area (Å²) in [5.74, 6) is -0.407. The Morgan fingerprint density at radius 3 is 2.80 bits per heavy atom. The third-order valence-corrected chi connectivity index (χ3v) is 2.01. The molecule has 0 aliphatic carbocycles. The average molecular weight is 203 g/mol. The van der Waals surface area contributed by atoms with Crippen LogP contribution in [0.25, 0.3) is 11.3 Å². The van der Waals surface area contributed by atoms with E-state index in [4.69, 9.17) is 0 Å². The maximum atomic E-state index is 11.4. The molecular weight excluding hydrogens is 194 g/mol. The van der Waals surface area contributed by atoms with Gasteiger partial charge in [-0.15, -0.1) is 0 Å². The van der Waals surface area contributed by atoms with Gasteiger partial charge in [0.25, 0.3) is 0 Å². The lowest BCUT2D eigenvalue weighted by molar-refractivity contribution is 0.0601. The third kappa shape index (κ3) is 1.71. The molecule has 0 fully saturated rings. The molecule has 1 N–H and O–H groups in total. The van der Waals surface area contributed by atoms with Crippen LogP contribution in [0.15, 0.2) is 30.7 Å². The number of hydrogen-bond donors (Lipinski definition) is 1. The fourth-order valence-corrected chi connectivity index (χ4v) is 1.29. The summed E-state index contributed by atoms with van der Waals surface area (Å²) in [5.41, 5.74) is 1.91. The number of ether oxygens (including phenoxy) is 1. The predicted molar refractivity (Wildman–Crippen MR) is 53.2 cm³/mol. The number of pyridine rings is 1. The Labute approximate surface area is 86.1 Å². The van der Waals surface area contributed by atoms with Gasteiger partial charge in [0.15, 0.2) is 0 Å². The second-order valence-electron chi connectivity index (χ2n) is 2.89. The number of methoxy groups -OCH3 is 1. The molecule has 0 aliphatic rings. The minimum absolute atomic E-state index is 0.407. The molecule has 76 valence electrons. The Balaban J connectivity index is 2.46. The molecule has 0 saturated heterocycles. The highest BCUT2D eigenvalue weighted by molar-refractivity contribution is 5.95. The summed E-state index contributed by atoms with van der Waals surface area (Å²) >= 11 is 0. The van der Waals surface area contributed by atoms with E-state index in [2.05, 4.69) is 19.9 Å². The van der Waals surface area contributed by atoms with Crippen LogP contribution in [-0.4, -0.2) is 28.3 Å². The van der Waals surface area contributed by atoms with Crippen LogP contribution in [-0.2, 0) is 4.74 Å². The number of esters is 1. The van der Waals surface area contributed by atoms with Crippen LogP contribution in [0.5, 0.6) is 0 Å². The Kier molecular flexibility index (Phi) is 2.45. The van der Waals surface area contributed by atoms with Crippen molar-refractivity contribution in [3.05, 3.63) is 36.3 Å². The summed E-state index contributed by atoms with van der Waals surface area (Å²) in [5, 5.41) is 6.58. The van der Waals surface area contributed by atoms with Crippen molar-refractivity contribution in [2.24, 2.45) is 0 Å². The van der Waals surface area contributed by atoms with Gasteiger partial charge in [-0.3, -0.25) is 10.1 Å². The first-order chi connectivity index (χ1) is 7.33. The van der Waals surface area contributed by atoms with Crippen molar-refractivity contribution in [2.45, 2.75) is 0 Å². The van der Waals surface area contributed by atoms with Gasteiger partial charge in [-0.25, -0.2) is 4.79 Å². The topological polar surface area (TPSA) is 67.9 Å². The molecule has 2 aromatic rings. The molecular formula is C10H9N3O2. The lowest BCUT2D eigenvalue weighted by Gasteiger charge is -2.00. The standard InChI is InChI=1S/C10H9N3O2/c1-15-10(14)8-6-12-13-9(8)7-2-4-11-5-3-7/h2-6H,1H3,(H,12,13). The quantitative estimate of drug-likeness (QED) is 0.746. The van der Waals surface area contributed by atoms with Gasteiger partial charge in [-0.2, -0.15) is 5.10 Å². The molecule has 0 radical (unpaired) electrons. The van der Waals surface area contributed by atoms with Crippen LogP contribution >= 0.6 is 0 Å². The maximum absolute atomic E-state index is 11.4. The van der Waals surface area contributed by atoms with Gasteiger partial charge in [-0.05, 0) is 12.1 Å². The Morgan fingerprint density at radius 1 is 1.40 bits per heavy atom. The van der Waals surface area contributed by atoms with Crippen molar-refractivity contribution in [2.75, 3.05) is 7.11 Å². The van der Waals surface area contributed by atoms with Gasteiger partial charge in [0, 0.05) is 18.0 Å². The monoisotopic (exact) mass is 203 g/mol. The Morgan fingerprint density at radius 2 is 2.13 bits per heavy atom. The first-order valence-electron chi connectivity index (χ1n) is 4.35. The number of rotatable bonds is 2. The highest BCUT2D eigenvalue weighted by Crippen LogP contribution is 2.20. The highest BCUT2D eigenvalue weighted by atomic mass is 16.5. The number of carbonyl (C=O) groups is 1. The predicted octanol–water partition coefficient (Wildman–Crippen LogP) is 1.26. The molecule has 5 nitrogen and oxygen atoms in total. The first-order valence-corrected chi connectivity index (χ1v) is 4.35. The molecule has 0 spiro atoms. The highest BCUT2D eigenvalue weighted by Gasteiger charge is 2.14. The van der Waals surface area contributed by atoms with E-state index in [9.17, 15) is 4.79 Å². The second-order valence-corrected chi connectivity index (χ2v) is 2.89. The van der Waals surface area contributed by atoms with Crippen LogP contribution in [0.1, 0.15) is 10.4 Å². The molecule has 2 heterocycles. The first kappa shape index (κ1) is 9.39. The number of nitrogens with zero attached hydrogens (tertiary/aromatic N) is 2. The number of carbonyl (C=O) groups excluding carboxylic acids is 1. The van der Waals surface area contributed by atoms with E-state index in [0.29, 0.717) is 11.3 Å². The fourth-order valence-electron chi connectivity index (χ4n) is 1.29. The smallest absolute Gasteiger partial charge is 0.341 e. The minimum atomic E-state index is -0.407. The molecule has 0 atom stereocenters. The number of nitrogens with one attached hydrogen (secondary N) is 1. The molecule has 0 bridgehead atoms. The van der Waals surface area contributed by atoms with Crippen molar-refractivity contribution >= 4 is 5.97 Å². The fraction of sp³-hybridized carbons (Fsp3) is 0.100. The molecule has 0 aliphatic heterocycles. The zero-order valence-electron chi connectivity index (χ0n) is 8.10. The van der Waals surface area contributed by atoms with Crippen molar-refractivity contribution in [3.63, 3.8) is 0 Å². The van der Waals surface area contributed by atoms with E-state index in [1.54, 1.807) is 24.5 Å². The summed E-state index contributed by atoms with van der Waals surface area (Å²) in [6.45, 7) is 0. The molecule has 0 unspecified atom stereocenters.